The van der Waals surface area contributed by atoms with Crippen LogP contribution in [0.5, 0.6) is 0 Å². The number of rotatable bonds is 4. The highest BCUT2D eigenvalue weighted by Gasteiger charge is 2.14. The van der Waals surface area contributed by atoms with Crippen molar-refractivity contribution in [2.75, 3.05) is 0 Å². The van der Waals surface area contributed by atoms with Crippen LogP contribution in [0.3, 0.4) is 0 Å². The van der Waals surface area contributed by atoms with Crippen molar-refractivity contribution in [2.45, 2.75) is 51.7 Å². The first-order valence-corrected chi connectivity index (χ1v) is 6.23. The molecule has 0 unspecified atom stereocenters. The van der Waals surface area contributed by atoms with E-state index in [1.54, 1.807) is 4.57 Å². The Bertz CT molecular complexity index is 391. The summed E-state index contributed by atoms with van der Waals surface area (Å²) in [5, 5.41) is 3.48. The molecule has 88 valence electrons. The van der Waals surface area contributed by atoms with Crippen LogP contribution in [0.4, 0.5) is 0 Å². The van der Waals surface area contributed by atoms with E-state index in [9.17, 15) is 4.79 Å². The van der Waals surface area contributed by atoms with Gasteiger partial charge in [-0.25, -0.2) is 0 Å². The van der Waals surface area contributed by atoms with E-state index in [0.717, 1.165) is 12.1 Å². The Hall–Kier alpha value is -1.09. The van der Waals surface area contributed by atoms with Gasteiger partial charge in [-0.05, 0) is 25.8 Å². The first-order valence-electron chi connectivity index (χ1n) is 6.23. The van der Waals surface area contributed by atoms with Gasteiger partial charge in [0.15, 0.2) is 0 Å². The zero-order chi connectivity index (χ0) is 11.4. The van der Waals surface area contributed by atoms with Gasteiger partial charge >= 0.3 is 0 Å². The Morgan fingerprint density at radius 3 is 2.88 bits per heavy atom. The van der Waals surface area contributed by atoms with Crippen LogP contribution in [0.25, 0.3) is 0 Å². The van der Waals surface area contributed by atoms with Crippen molar-refractivity contribution in [3.63, 3.8) is 0 Å². The summed E-state index contributed by atoms with van der Waals surface area (Å²) in [6.45, 7) is 3.45. The van der Waals surface area contributed by atoms with Crippen molar-refractivity contribution in [3.05, 3.63) is 34.2 Å². The molecule has 0 saturated heterocycles. The highest BCUT2D eigenvalue weighted by Crippen LogP contribution is 2.17. The van der Waals surface area contributed by atoms with Crippen LogP contribution in [0.15, 0.2) is 23.1 Å². The molecule has 3 heteroatoms. The van der Waals surface area contributed by atoms with Gasteiger partial charge in [-0.3, -0.25) is 4.79 Å². The lowest BCUT2D eigenvalue weighted by molar-refractivity contribution is 0.520. The zero-order valence-electron chi connectivity index (χ0n) is 9.91. The number of aromatic nitrogens is 1. The molecule has 1 aromatic heterocycles. The monoisotopic (exact) mass is 220 g/mol. The predicted molar refractivity (Wildman–Crippen MR) is 65.5 cm³/mol. The van der Waals surface area contributed by atoms with E-state index < -0.39 is 0 Å². The molecule has 3 nitrogen and oxygen atoms in total. The van der Waals surface area contributed by atoms with Crippen molar-refractivity contribution >= 4 is 0 Å². The van der Waals surface area contributed by atoms with E-state index in [4.69, 9.17) is 0 Å². The fourth-order valence-electron chi connectivity index (χ4n) is 2.35. The lowest BCUT2D eigenvalue weighted by Crippen LogP contribution is -2.30. The summed E-state index contributed by atoms with van der Waals surface area (Å²) in [4.78, 5) is 11.9. The highest BCUT2D eigenvalue weighted by atomic mass is 16.1. The highest BCUT2D eigenvalue weighted by molar-refractivity contribution is 5.10. The van der Waals surface area contributed by atoms with E-state index in [1.807, 2.05) is 25.3 Å². The largest absolute Gasteiger partial charge is 0.316 e. The third kappa shape index (κ3) is 2.53. The SMILES string of the molecule is CCn1cccc(CNC2CCCC2)c1=O. The Balaban J connectivity index is 2.00. The predicted octanol–water partition coefficient (Wildman–Crippen LogP) is 1.90. The van der Waals surface area contributed by atoms with E-state index in [-0.39, 0.29) is 5.56 Å². The van der Waals surface area contributed by atoms with Crippen molar-refractivity contribution in [2.24, 2.45) is 0 Å². The number of aryl methyl sites for hydroxylation is 1. The normalized spacial score (nSPS) is 16.8. The maximum atomic E-state index is 11.9. The molecule has 0 amide bonds. The maximum absolute atomic E-state index is 11.9. The summed E-state index contributed by atoms with van der Waals surface area (Å²) in [5.41, 5.74) is 1.03. The van der Waals surface area contributed by atoms with Gasteiger partial charge in [0.05, 0.1) is 0 Å². The lowest BCUT2D eigenvalue weighted by Gasteiger charge is -2.12. The van der Waals surface area contributed by atoms with Gasteiger partial charge in [0.25, 0.3) is 5.56 Å². The molecule has 1 fully saturated rings. The Kier molecular flexibility index (Phi) is 3.78. The molecule has 0 aliphatic heterocycles. The van der Waals surface area contributed by atoms with Gasteiger partial charge in [-0.15, -0.1) is 0 Å². The van der Waals surface area contributed by atoms with E-state index in [1.165, 1.54) is 25.7 Å². The number of nitrogens with zero attached hydrogens (tertiary/aromatic N) is 1. The van der Waals surface area contributed by atoms with E-state index >= 15 is 0 Å². The van der Waals surface area contributed by atoms with Crippen molar-refractivity contribution in [1.29, 1.82) is 0 Å². The molecular formula is C13H20N2O. The van der Waals surface area contributed by atoms with Gasteiger partial charge in [0.2, 0.25) is 0 Å². The molecule has 1 aromatic rings. The molecule has 0 bridgehead atoms. The maximum Gasteiger partial charge on any atom is 0.255 e. The van der Waals surface area contributed by atoms with Crippen molar-refractivity contribution in [1.82, 2.24) is 9.88 Å². The van der Waals surface area contributed by atoms with Crippen molar-refractivity contribution in [3.8, 4) is 0 Å². The smallest absolute Gasteiger partial charge is 0.255 e. The summed E-state index contributed by atoms with van der Waals surface area (Å²) in [5.74, 6) is 0. The minimum absolute atomic E-state index is 0.149. The minimum Gasteiger partial charge on any atom is -0.316 e. The van der Waals surface area contributed by atoms with Crippen molar-refractivity contribution < 1.29 is 0 Å². The van der Waals surface area contributed by atoms with Gasteiger partial charge < -0.3 is 9.88 Å². The number of hydrogen-bond donors (Lipinski definition) is 1. The summed E-state index contributed by atoms with van der Waals surface area (Å²) in [7, 11) is 0. The molecule has 1 saturated carbocycles. The molecule has 0 atom stereocenters. The molecule has 1 heterocycles. The summed E-state index contributed by atoms with van der Waals surface area (Å²) in [6.07, 6.45) is 7.02. The quantitative estimate of drug-likeness (QED) is 0.841. The molecule has 16 heavy (non-hydrogen) atoms. The van der Waals surface area contributed by atoms with Gasteiger partial charge in [0, 0.05) is 30.9 Å². The average molecular weight is 220 g/mol. The molecular weight excluding hydrogens is 200 g/mol. The van der Waals surface area contributed by atoms with Gasteiger partial charge in [-0.1, -0.05) is 18.9 Å². The number of hydrogen-bond acceptors (Lipinski definition) is 2. The Morgan fingerprint density at radius 2 is 2.19 bits per heavy atom. The second-order valence-electron chi connectivity index (χ2n) is 4.49. The third-order valence-electron chi connectivity index (χ3n) is 3.38. The first-order chi connectivity index (χ1) is 7.81. The number of pyridine rings is 1. The van der Waals surface area contributed by atoms with Crippen LogP contribution in [0, 0.1) is 0 Å². The standard InChI is InChI=1S/C13H20N2O/c1-2-15-9-5-6-11(13(15)16)10-14-12-7-3-4-8-12/h5-6,9,12,14H,2-4,7-8,10H2,1H3. The third-order valence-corrected chi connectivity index (χ3v) is 3.38. The van der Waals surface area contributed by atoms with Gasteiger partial charge in [-0.2, -0.15) is 0 Å². The second-order valence-corrected chi connectivity index (χ2v) is 4.49. The first kappa shape index (κ1) is 11.4. The van der Waals surface area contributed by atoms with Crippen LogP contribution >= 0.6 is 0 Å². The molecule has 0 aromatic carbocycles. The van der Waals surface area contributed by atoms with E-state index in [2.05, 4.69) is 5.32 Å². The van der Waals surface area contributed by atoms with Crippen LogP contribution < -0.4 is 10.9 Å². The van der Waals surface area contributed by atoms with Crippen LogP contribution in [-0.2, 0) is 13.1 Å². The molecule has 1 N–H and O–H groups in total. The topological polar surface area (TPSA) is 34.0 Å². The molecule has 1 aliphatic rings. The summed E-state index contributed by atoms with van der Waals surface area (Å²) in [6, 6.07) is 4.50. The van der Waals surface area contributed by atoms with Crippen LogP contribution in [0.1, 0.15) is 38.2 Å². The second kappa shape index (κ2) is 5.30. The molecule has 0 spiro atoms. The van der Waals surface area contributed by atoms with Crippen LogP contribution in [-0.4, -0.2) is 10.6 Å². The minimum atomic E-state index is 0.149. The average Bonchev–Trinajstić information content (AvgIpc) is 2.81. The fraction of sp³-hybridized carbons (Fsp3) is 0.615. The molecule has 1 aliphatic carbocycles. The Morgan fingerprint density at radius 1 is 1.44 bits per heavy atom. The fourth-order valence-corrected chi connectivity index (χ4v) is 2.35. The van der Waals surface area contributed by atoms with E-state index in [0.29, 0.717) is 12.6 Å². The Labute approximate surface area is 96.5 Å². The summed E-state index contributed by atoms with van der Waals surface area (Å²) < 4.78 is 1.76. The molecule has 0 radical (unpaired) electrons. The van der Waals surface area contributed by atoms with Gasteiger partial charge in [0.1, 0.15) is 0 Å². The zero-order valence-corrected chi connectivity index (χ0v) is 9.91. The van der Waals surface area contributed by atoms with Crippen LogP contribution in [0.2, 0.25) is 0 Å². The summed E-state index contributed by atoms with van der Waals surface area (Å²) >= 11 is 0. The number of nitrogens with one attached hydrogen (secondary N) is 1. The lowest BCUT2D eigenvalue weighted by atomic mass is 10.2. The molecule has 2 rings (SSSR count).